The van der Waals surface area contributed by atoms with Crippen molar-refractivity contribution in [1.82, 2.24) is 10.2 Å². The van der Waals surface area contributed by atoms with E-state index in [-0.39, 0.29) is 40.8 Å². The molecule has 4 rings (SSSR count). The Morgan fingerprint density at radius 1 is 0.717 bits per heavy atom. The number of carbonyl (C=O) groups is 3. The first kappa shape index (κ1) is 37.0. The van der Waals surface area contributed by atoms with E-state index in [1.165, 1.54) is 27.6 Å². The molecule has 2 aliphatic rings. The largest absolute Gasteiger partial charge is 0.469 e. The van der Waals surface area contributed by atoms with Crippen LogP contribution in [-0.2, 0) is 56.3 Å². The maximum atomic E-state index is 12.0. The van der Waals surface area contributed by atoms with Gasteiger partial charge in [-0.25, -0.2) is 21.6 Å². The first-order chi connectivity index (χ1) is 21.7. The lowest BCUT2D eigenvalue weighted by Crippen LogP contribution is -2.48. The number of nitrogens with one attached hydrogen (secondary N) is 1. The van der Waals surface area contributed by atoms with E-state index in [9.17, 15) is 31.2 Å². The van der Waals surface area contributed by atoms with Crippen LogP contribution >= 0.6 is 0 Å². The van der Waals surface area contributed by atoms with Crippen LogP contribution in [0.15, 0.2) is 58.3 Å². The first-order valence-corrected chi connectivity index (χ1v) is 18.8. The summed E-state index contributed by atoms with van der Waals surface area (Å²) in [4.78, 5) is 37.6. The van der Waals surface area contributed by atoms with Crippen LogP contribution in [-0.4, -0.2) is 98.8 Å². The van der Waals surface area contributed by atoms with E-state index >= 15 is 0 Å². The molecule has 254 valence electrons. The van der Waals surface area contributed by atoms with Crippen molar-refractivity contribution in [2.24, 2.45) is 11.8 Å². The summed E-state index contributed by atoms with van der Waals surface area (Å²) in [5.41, 5.74) is 1.95. The van der Waals surface area contributed by atoms with Crippen LogP contribution in [0.3, 0.4) is 0 Å². The topological polar surface area (TPSA) is 162 Å². The lowest BCUT2D eigenvalue weighted by Gasteiger charge is -2.37. The molecule has 4 atom stereocenters. The van der Waals surface area contributed by atoms with Crippen molar-refractivity contribution >= 4 is 37.7 Å². The Morgan fingerprint density at radius 2 is 1.20 bits per heavy atom. The third-order valence-corrected chi connectivity index (χ3v) is 10.6. The Labute approximate surface area is 271 Å². The van der Waals surface area contributed by atoms with Crippen LogP contribution in [0.1, 0.15) is 36.8 Å². The molecule has 0 saturated carbocycles. The van der Waals surface area contributed by atoms with E-state index in [2.05, 4.69) is 5.32 Å². The fourth-order valence-electron chi connectivity index (χ4n) is 5.83. The number of piperidine rings is 2. The predicted molar refractivity (Wildman–Crippen MR) is 171 cm³/mol. The third-order valence-electron chi connectivity index (χ3n) is 8.35. The standard InChI is InChI=1S/C17H23NO6S.C15H21NO4S/c1-23-16(19)13-8-9-18(17(20)24-2)14(11-13)10-12-4-6-15(7-5-12)25(3,21)22;1-20-15(17)12-7-8-16-13(10-12)9-11-3-5-14(6-4-11)21(2,18)19/h4-7,13-14H,8-11H2,1-3H3;3-6,12-13,16H,7-10H2,1-2H3. The monoisotopic (exact) mass is 680 g/mol. The van der Waals surface area contributed by atoms with Crippen molar-refractivity contribution in [3.05, 3.63) is 59.7 Å². The van der Waals surface area contributed by atoms with Crippen molar-refractivity contribution in [3.63, 3.8) is 0 Å². The molecular formula is C32H44N2O10S2. The zero-order valence-electron chi connectivity index (χ0n) is 26.9. The molecule has 4 unspecified atom stereocenters. The van der Waals surface area contributed by atoms with E-state index in [1.807, 2.05) is 12.1 Å². The van der Waals surface area contributed by atoms with Crippen molar-refractivity contribution in [3.8, 4) is 0 Å². The van der Waals surface area contributed by atoms with Crippen molar-refractivity contribution in [2.45, 2.75) is 60.4 Å². The van der Waals surface area contributed by atoms with Crippen molar-refractivity contribution in [2.75, 3.05) is 46.9 Å². The summed E-state index contributed by atoms with van der Waals surface area (Å²) in [5.74, 6) is -0.724. The third kappa shape index (κ3) is 10.5. The highest BCUT2D eigenvalue weighted by Crippen LogP contribution is 2.27. The van der Waals surface area contributed by atoms with Gasteiger partial charge in [0.1, 0.15) is 0 Å². The van der Waals surface area contributed by atoms with Gasteiger partial charge in [-0.05, 0) is 80.5 Å². The molecule has 2 fully saturated rings. The number of methoxy groups -OCH3 is 3. The summed E-state index contributed by atoms with van der Waals surface area (Å²) < 4.78 is 60.4. The Morgan fingerprint density at radius 3 is 1.65 bits per heavy atom. The second-order valence-electron chi connectivity index (χ2n) is 11.7. The van der Waals surface area contributed by atoms with E-state index < -0.39 is 25.8 Å². The lowest BCUT2D eigenvalue weighted by atomic mass is 9.88. The van der Waals surface area contributed by atoms with E-state index in [1.54, 1.807) is 41.3 Å². The molecule has 14 heteroatoms. The number of esters is 2. The fraction of sp³-hybridized carbons (Fsp3) is 0.531. The predicted octanol–water partition coefficient (Wildman–Crippen LogP) is 2.83. The van der Waals surface area contributed by atoms with Gasteiger partial charge in [0.05, 0.1) is 43.0 Å². The Kier molecular flexibility index (Phi) is 13.2. The number of hydrogen-bond donors (Lipinski definition) is 1. The first-order valence-electron chi connectivity index (χ1n) is 15.0. The van der Waals surface area contributed by atoms with Gasteiger partial charge in [0.15, 0.2) is 19.7 Å². The maximum Gasteiger partial charge on any atom is 0.409 e. The molecule has 46 heavy (non-hydrogen) atoms. The number of amides is 1. The molecule has 0 aliphatic carbocycles. The van der Waals surface area contributed by atoms with Gasteiger partial charge < -0.3 is 24.4 Å². The second-order valence-corrected chi connectivity index (χ2v) is 15.7. The summed E-state index contributed by atoms with van der Waals surface area (Å²) in [6.07, 6.45) is 5.78. The van der Waals surface area contributed by atoms with Crippen LogP contribution in [0.25, 0.3) is 0 Å². The van der Waals surface area contributed by atoms with Gasteiger partial charge in [-0.1, -0.05) is 24.3 Å². The SMILES string of the molecule is COC(=O)C1CCN(C(=O)OC)C(Cc2ccc(S(C)(=O)=O)cc2)C1.COC(=O)C1CCNC(Cc2ccc(S(C)(=O)=O)cc2)C1. The van der Waals surface area contributed by atoms with Gasteiger partial charge in [0.25, 0.3) is 0 Å². The van der Waals surface area contributed by atoms with Gasteiger partial charge in [-0.2, -0.15) is 0 Å². The van der Waals surface area contributed by atoms with Crippen molar-refractivity contribution < 1.29 is 45.4 Å². The number of rotatable bonds is 8. The van der Waals surface area contributed by atoms with Gasteiger partial charge in [0, 0.05) is 31.1 Å². The average molecular weight is 681 g/mol. The minimum Gasteiger partial charge on any atom is -0.469 e. The zero-order valence-corrected chi connectivity index (χ0v) is 28.6. The number of sulfone groups is 2. The van der Waals surface area contributed by atoms with E-state index in [0.717, 1.165) is 43.2 Å². The van der Waals surface area contributed by atoms with E-state index in [0.29, 0.717) is 30.7 Å². The number of benzene rings is 2. The van der Waals surface area contributed by atoms with Gasteiger partial charge in [-0.15, -0.1) is 0 Å². The second kappa shape index (κ2) is 16.4. The summed E-state index contributed by atoms with van der Waals surface area (Å²) in [6, 6.07) is 13.5. The fourth-order valence-corrected chi connectivity index (χ4v) is 7.09. The van der Waals surface area contributed by atoms with Crippen LogP contribution in [0.4, 0.5) is 4.79 Å². The van der Waals surface area contributed by atoms with Gasteiger partial charge in [-0.3, -0.25) is 9.59 Å². The summed E-state index contributed by atoms with van der Waals surface area (Å²) >= 11 is 0. The number of carbonyl (C=O) groups excluding carboxylic acids is 3. The Hall–Kier alpha value is -3.49. The lowest BCUT2D eigenvalue weighted by molar-refractivity contribution is -0.148. The van der Waals surface area contributed by atoms with Crippen LogP contribution in [0.5, 0.6) is 0 Å². The number of hydrogen-bond acceptors (Lipinski definition) is 11. The molecule has 2 saturated heterocycles. The molecule has 0 bridgehead atoms. The number of likely N-dealkylation sites (tertiary alicyclic amines) is 1. The molecule has 2 aliphatic heterocycles. The zero-order chi connectivity index (χ0) is 34.1. The molecule has 2 aromatic carbocycles. The highest BCUT2D eigenvalue weighted by Gasteiger charge is 2.36. The highest BCUT2D eigenvalue weighted by molar-refractivity contribution is 7.91. The average Bonchev–Trinajstić information content (AvgIpc) is 3.03. The minimum atomic E-state index is -3.25. The summed E-state index contributed by atoms with van der Waals surface area (Å²) in [7, 11) is -2.30. The van der Waals surface area contributed by atoms with Crippen molar-refractivity contribution in [1.29, 1.82) is 0 Å². The van der Waals surface area contributed by atoms with Gasteiger partial charge in [0.2, 0.25) is 0 Å². The molecule has 2 aromatic rings. The summed E-state index contributed by atoms with van der Waals surface area (Å²) in [6.45, 7) is 1.21. The van der Waals surface area contributed by atoms with E-state index in [4.69, 9.17) is 14.2 Å². The normalized spacial score (nSPS) is 21.7. The maximum absolute atomic E-state index is 12.0. The molecule has 1 N–H and O–H groups in total. The molecule has 12 nitrogen and oxygen atoms in total. The minimum absolute atomic E-state index is 0.0449. The smallest absolute Gasteiger partial charge is 0.409 e. The Bertz CT molecular complexity index is 1560. The molecule has 0 spiro atoms. The Balaban J connectivity index is 0.000000254. The van der Waals surface area contributed by atoms with Crippen LogP contribution in [0, 0.1) is 11.8 Å². The number of nitrogens with zero attached hydrogens (tertiary/aromatic N) is 1. The van der Waals surface area contributed by atoms with Crippen LogP contribution in [0.2, 0.25) is 0 Å². The molecule has 2 heterocycles. The molecule has 0 aromatic heterocycles. The highest BCUT2D eigenvalue weighted by atomic mass is 32.2. The molecular weight excluding hydrogens is 636 g/mol. The molecule has 1 amide bonds. The summed E-state index contributed by atoms with van der Waals surface area (Å²) in [5, 5.41) is 3.40. The van der Waals surface area contributed by atoms with Crippen LogP contribution < -0.4 is 5.32 Å². The molecule has 0 radical (unpaired) electrons. The quantitative estimate of drug-likeness (QED) is 0.322. The number of ether oxygens (including phenoxy) is 3. The van der Waals surface area contributed by atoms with Gasteiger partial charge >= 0.3 is 18.0 Å².